The quantitative estimate of drug-likeness (QED) is 0.429. The van der Waals surface area contributed by atoms with E-state index in [1.54, 1.807) is 0 Å². The van der Waals surface area contributed by atoms with Crippen LogP contribution in [0.4, 0.5) is 0 Å². The molecule has 124 valence electrons. The molecule has 2 fully saturated rings. The topological polar surface area (TPSA) is 3.01 Å². The number of rotatable bonds is 5. The third kappa shape index (κ3) is 3.08. The van der Waals surface area contributed by atoms with Gasteiger partial charge in [0.05, 0.1) is 0 Å². The van der Waals surface area contributed by atoms with E-state index in [2.05, 4.69) is 78.0 Å². The molecule has 1 unspecified atom stereocenters. The van der Waals surface area contributed by atoms with E-state index in [1.807, 2.05) is 0 Å². The molecule has 1 aliphatic heterocycles. The molecule has 1 aliphatic carbocycles. The molecule has 1 nitrogen and oxygen atoms in total. The highest BCUT2D eigenvalue weighted by molar-refractivity contribution is 7.71. The van der Waals surface area contributed by atoms with Crippen LogP contribution in [0.25, 0.3) is 0 Å². The largest absolute Gasteiger partial charge is 0.261 e. The number of benzene rings is 2. The Kier molecular flexibility index (Phi) is 4.83. The summed E-state index contributed by atoms with van der Waals surface area (Å²) in [5.74, 6) is 0.860. The zero-order valence-electron chi connectivity index (χ0n) is 14.2. The average Bonchev–Trinajstić information content (AvgIpc) is 3.38. The van der Waals surface area contributed by atoms with Gasteiger partial charge in [0.2, 0.25) is 0 Å². The van der Waals surface area contributed by atoms with Gasteiger partial charge in [-0.1, -0.05) is 86.0 Å². The van der Waals surface area contributed by atoms with Crippen molar-refractivity contribution in [3.05, 3.63) is 73.3 Å². The Balaban J connectivity index is 1.67. The van der Waals surface area contributed by atoms with Crippen molar-refractivity contribution in [3.63, 3.8) is 0 Å². The molecule has 1 saturated heterocycles. The predicted octanol–water partition coefficient (Wildman–Crippen LogP) is 4.85. The number of nitrogens with zero attached hydrogens (tertiary/aromatic N) is 1. The van der Waals surface area contributed by atoms with Crippen LogP contribution in [0.1, 0.15) is 32.1 Å². The Labute approximate surface area is 147 Å². The van der Waals surface area contributed by atoms with E-state index < -0.39 is 8.07 Å². The van der Waals surface area contributed by atoms with Crippen molar-refractivity contribution in [1.82, 2.24) is 4.67 Å². The first-order valence-corrected chi connectivity index (χ1v) is 10.5. The van der Waals surface area contributed by atoms with Crippen molar-refractivity contribution in [3.8, 4) is 0 Å². The molecular formula is C22H26NP. The Hall–Kier alpha value is -1.43. The summed E-state index contributed by atoms with van der Waals surface area (Å²) in [5.41, 5.74) is 0. The van der Waals surface area contributed by atoms with E-state index in [-0.39, 0.29) is 0 Å². The molecule has 0 spiro atoms. The minimum absolute atomic E-state index is 0.446. The Morgan fingerprint density at radius 1 is 0.833 bits per heavy atom. The second-order valence-electron chi connectivity index (χ2n) is 6.98. The van der Waals surface area contributed by atoms with Crippen molar-refractivity contribution >= 4 is 18.7 Å². The van der Waals surface area contributed by atoms with Crippen LogP contribution in [-0.2, 0) is 0 Å². The van der Waals surface area contributed by atoms with Crippen LogP contribution >= 0.6 is 8.07 Å². The molecule has 0 amide bonds. The van der Waals surface area contributed by atoms with Crippen LogP contribution in [0.3, 0.4) is 0 Å². The van der Waals surface area contributed by atoms with Crippen LogP contribution in [0, 0.1) is 5.92 Å². The Bertz CT molecular complexity index is 623. The molecule has 1 saturated carbocycles. The molecule has 4 rings (SSSR count). The number of hydrogen-bond donors (Lipinski definition) is 0. The molecular weight excluding hydrogens is 309 g/mol. The van der Waals surface area contributed by atoms with Crippen LogP contribution in [0.2, 0.25) is 0 Å². The molecule has 0 bridgehead atoms. The Morgan fingerprint density at radius 3 is 1.88 bits per heavy atom. The van der Waals surface area contributed by atoms with Crippen molar-refractivity contribution in [2.75, 3.05) is 0 Å². The van der Waals surface area contributed by atoms with E-state index in [0.29, 0.717) is 12.1 Å². The summed E-state index contributed by atoms with van der Waals surface area (Å²) in [6, 6.07) is 23.4. The zero-order valence-corrected chi connectivity index (χ0v) is 15.1. The molecule has 2 heteroatoms. The first-order valence-electron chi connectivity index (χ1n) is 9.21. The summed E-state index contributed by atoms with van der Waals surface area (Å²) in [7, 11) is -0.446. The maximum absolute atomic E-state index is 4.16. The molecule has 0 radical (unpaired) electrons. The van der Waals surface area contributed by atoms with E-state index in [1.165, 1.54) is 42.7 Å². The normalized spacial score (nSPS) is 27.1. The third-order valence-corrected chi connectivity index (χ3v) is 8.05. The summed E-state index contributed by atoms with van der Waals surface area (Å²) < 4.78 is 2.77. The summed E-state index contributed by atoms with van der Waals surface area (Å²) in [4.78, 5) is 0. The second kappa shape index (κ2) is 7.21. The van der Waals surface area contributed by atoms with Gasteiger partial charge in [-0.25, -0.2) is 0 Å². The van der Waals surface area contributed by atoms with Gasteiger partial charge < -0.3 is 0 Å². The van der Waals surface area contributed by atoms with Crippen LogP contribution in [-0.4, -0.2) is 16.8 Å². The van der Waals surface area contributed by atoms with E-state index in [9.17, 15) is 0 Å². The highest BCUT2D eigenvalue weighted by Gasteiger charge is 2.53. The summed E-state index contributed by atoms with van der Waals surface area (Å²) in [6.45, 7) is 4.16. The maximum Gasteiger partial charge on any atom is 0.0484 e. The molecule has 1 heterocycles. The highest BCUT2D eigenvalue weighted by atomic mass is 31.1. The van der Waals surface area contributed by atoms with Crippen LogP contribution in [0.15, 0.2) is 73.3 Å². The lowest BCUT2D eigenvalue weighted by molar-refractivity contribution is 0.338. The van der Waals surface area contributed by atoms with E-state index in [0.717, 1.165) is 5.92 Å². The van der Waals surface area contributed by atoms with Crippen molar-refractivity contribution in [2.24, 2.45) is 5.92 Å². The first-order chi connectivity index (χ1) is 11.9. The summed E-state index contributed by atoms with van der Waals surface area (Å²) in [6.07, 6.45) is 9.24. The molecule has 0 N–H and O–H groups in total. The van der Waals surface area contributed by atoms with Crippen LogP contribution < -0.4 is 10.6 Å². The lowest BCUT2D eigenvalue weighted by Crippen LogP contribution is -2.21. The maximum atomic E-state index is 4.16. The first kappa shape index (κ1) is 16.1. The fraction of sp³-hybridized carbons (Fsp3) is 0.364. The fourth-order valence-electron chi connectivity index (χ4n) is 4.29. The monoisotopic (exact) mass is 335 g/mol. The molecule has 24 heavy (non-hydrogen) atoms. The fourth-order valence-corrected chi connectivity index (χ4v) is 7.06. The molecule has 2 aliphatic rings. The lowest BCUT2D eigenvalue weighted by Gasteiger charge is -2.25. The predicted molar refractivity (Wildman–Crippen MR) is 105 cm³/mol. The summed E-state index contributed by atoms with van der Waals surface area (Å²) >= 11 is 0. The number of hydrogen-bond acceptors (Lipinski definition) is 1. The molecule has 2 aromatic carbocycles. The molecule has 2 aromatic rings. The van der Waals surface area contributed by atoms with Gasteiger partial charge in [-0.15, -0.1) is 6.58 Å². The standard InChI is InChI=1S/C22H26NP/c1-2-21-22(18-12-6-3-7-13-18)23(21)24(19-14-8-4-9-15-19)20-16-10-5-11-17-20/h2,4-5,8-11,14-18,21-22H,1,3,6-7,12-13H2/t21-,22-,23?/m0/s1. The van der Waals surface area contributed by atoms with Crippen LogP contribution in [0.5, 0.6) is 0 Å². The van der Waals surface area contributed by atoms with Gasteiger partial charge in [-0.2, -0.15) is 0 Å². The van der Waals surface area contributed by atoms with Crippen molar-refractivity contribution in [1.29, 1.82) is 0 Å². The zero-order chi connectivity index (χ0) is 16.4. The lowest BCUT2D eigenvalue weighted by atomic mass is 9.86. The Morgan fingerprint density at radius 2 is 1.38 bits per heavy atom. The van der Waals surface area contributed by atoms with Gasteiger partial charge in [-0.3, -0.25) is 4.67 Å². The minimum atomic E-state index is -0.446. The third-order valence-electron chi connectivity index (χ3n) is 5.48. The van der Waals surface area contributed by atoms with Crippen molar-refractivity contribution < 1.29 is 0 Å². The summed E-state index contributed by atoms with van der Waals surface area (Å²) in [5, 5.41) is 2.92. The SMILES string of the molecule is C=C[C@H]1[C@H](C2CCCCC2)N1P(c1ccccc1)c1ccccc1. The second-order valence-corrected chi connectivity index (χ2v) is 9.10. The highest BCUT2D eigenvalue weighted by Crippen LogP contribution is 2.56. The van der Waals surface area contributed by atoms with Gasteiger partial charge in [-0.05, 0) is 29.4 Å². The average molecular weight is 335 g/mol. The van der Waals surface area contributed by atoms with E-state index >= 15 is 0 Å². The van der Waals surface area contributed by atoms with Gasteiger partial charge in [0.25, 0.3) is 0 Å². The van der Waals surface area contributed by atoms with Gasteiger partial charge in [0.15, 0.2) is 0 Å². The van der Waals surface area contributed by atoms with Gasteiger partial charge >= 0.3 is 0 Å². The minimum Gasteiger partial charge on any atom is -0.261 e. The van der Waals surface area contributed by atoms with Gasteiger partial charge in [0, 0.05) is 20.2 Å². The smallest absolute Gasteiger partial charge is 0.0484 e. The van der Waals surface area contributed by atoms with E-state index in [4.69, 9.17) is 0 Å². The molecule has 3 atom stereocenters. The van der Waals surface area contributed by atoms with Gasteiger partial charge in [0.1, 0.15) is 0 Å². The van der Waals surface area contributed by atoms with Crippen molar-refractivity contribution in [2.45, 2.75) is 44.2 Å². The molecule has 0 aromatic heterocycles.